The Kier molecular flexibility index (Phi) is 72.8. The Bertz CT molecular complexity index is 2000. The van der Waals surface area contributed by atoms with Gasteiger partial charge in [-0.3, -0.25) is 37.3 Å². The molecule has 0 rings (SSSR count). The monoisotopic (exact) mass is 1510 g/mol. The molecule has 612 valence electrons. The van der Waals surface area contributed by atoms with E-state index in [1.165, 1.54) is 250 Å². The SMILES string of the molecule is CCCCCCCCCCCCCCCCCCCC(=O)OC[C@H](COP(=O)(O)OC[C@@H](O)COP(=O)(O)OC[C@@H](COC(=O)CCCCCCCCCCC(C)CC)OC(=O)CCCCCCCCCCCC(C)C)OC(=O)CCCCCCCCCCCCCCCCCCCCC(C)CC. The number of esters is 4. The second-order valence-corrected chi connectivity index (χ2v) is 34.1. The molecule has 0 spiro atoms. The van der Waals surface area contributed by atoms with E-state index in [-0.39, 0.29) is 25.7 Å². The molecule has 0 amide bonds. The van der Waals surface area contributed by atoms with Gasteiger partial charge in [0.25, 0.3) is 0 Å². The summed E-state index contributed by atoms with van der Waals surface area (Å²) in [5.41, 5.74) is 0. The number of carbonyl (C=O) groups is 4. The van der Waals surface area contributed by atoms with Crippen LogP contribution < -0.4 is 0 Å². The molecule has 17 nitrogen and oxygen atoms in total. The Morgan fingerprint density at radius 3 is 0.738 bits per heavy atom. The van der Waals surface area contributed by atoms with Crippen molar-refractivity contribution in [2.24, 2.45) is 17.8 Å². The van der Waals surface area contributed by atoms with Crippen molar-refractivity contribution < 1.29 is 80.2 Å². The molecule has 0 aliphatic heterocycles. The Morgan fingerprint density at radius 1 is 0.282 bits per heavy atom. The fourth-order valence-corrected chi connectivity index (χ4v) is 14.5. The van der Waals surface area contributed by atoms with Crippen LogP contribution in [0.15, 0.2) is 0 Å². The van der Waals surface area contributed by atoms with Gasteiger partial charge in [-0.15, -0.1) is 0 Å². The lowest BCUT2D eigenvalue weighted by molar-refractivity contribution is -0.161. The maximum absolute atomic E-state index is 13.1. The van der Waals surface area contributed by atoms with E-state index >= 15 is 0 Å². The number of aliphatic hydroxyl groups excluding tert-OH is 1. The number of rotatable bonds is 82. The van der Waals surface area contributed by atoms with E-state index in [0.29, 0.717) is 25.7 Å². The van der Waals surface area contributed by atoms with Gasteiger partial charge in [0.05, 0.1) is 26.4 Å². The quantitative estimate of drug-likeness (QED) is 0.0222. The molecule has 0 aromatic rings. The van der Waals surface area contributed by atoms with E-state index < -0.39 is 97.5 Å². The lowest BCUT2D eigenvalue weighted by Gasteiger charge is -2.21. The minimum absolute atomic E-state index is 0.105. The van der Waals surface area contributed by atoms with Crippen molar-refractivity contribution in [3.05, 3.63) is 0 Å². The van der Waals surface area contributed by atoms with Crippen LogP contribution in [0.5, 0.6) is 0 Å². The van der Waals surface area contributed by atoms with E-state index in [0.717, 1.165) is 108 Å². The summed E-state index contributed by atoms with van der Waals surface area (Å²) in [6.07, 6.45) is 63.8. The number of carbonyl (C=O) groups excluding carboxylic acids is 4. The fourth-order valence-electron chi connectivity index (χ4n) is 13.0. The molecular weight excluding hydrogens is 1340 g/mol. The molecule has 0 bridgehead atoms. The van der Waals surface area contributed by atoms with Crippen molar-refractivity contribution in [3.63, 3.8) is 0 Å². The second-order valence-electron chi connectivity index (χ2n) is 31.2. The summed E-state index contributed by atoms with van der Waals surface area (Å²) in [4.78, 5) is 73.1. The zero-order chi connectivity index (χ0) is 75.8. The van der Waals surface area contributed by atoms with E-state index in [1.807, 2.05) is 0 Å². The van der Waals surface area contributed by atoms with Gasteiger partial charge in [0.2, 0.25) is 0 Å². The van der Waals surface area contributed by atoms with Crippen LogP contribution in [0, 0.1) is 17.8 Å². The number of ether oxygens (including phenoxy) is 4. The van der Waals surface area contributed by atoms with Gasteiger partial charge in [-0.1, -0.05) is 389 Å². The van der Waals surface area contributed by atoms with E-state index in [1.54, 1.807) is 0 Å². The molecule has 103 heavy (non-hydrogen) atoms. The Balaban J connectivity index is 5.23. The highest BCUT2D eigenvalue weighted by molar-refractivity contribution is 7.47. The maximum atomic E-state index is 13.1. The van der Waals surface area contributed by atoms with Crippen LogP contribution in [0.4, 0.5) is 0 Å². The number of unbranched alkanes of at least 4 members (excludes halogenated alkanes) is 48. The van der Waals surface area contributed by atoms with Crippen molar-refractivity contribution in [2.45, 2.75) is 458 Å². The van der Waals surface area contributed by atoms with Crippen molar-refractivity contribution >= 4 is 39.5 Å². The van der Waals surface area contributed by atoms with Gasteiger partial charge < -0.3 is 33.8 Å². The number of hydrogen-bond acceptors (Lipinski definition) is 15. The van der Waals surface area contributed by atoms with E-state index in [2.05, 4.69) is 48.5 Å². The number of phosphoric ester groups is 2. The fraction of sp³-hybridized carbons (Fsp3) is 0.952. The molecule has 0 radical (unpaired) electrons. The first-order chi connectivity index (χ1) is 49.8. The largest absolute Gasteiger partial charge is 0.472 e. The van der Waals surface area contributed by atoms with Crippen molar-refractivity contribution in [3.8, 4) is 0 Å². The highest BCUT2D eigenvalue weighted by Crippen LogP contribution is 2.45. The zero-order valence-electron chi connectivity index (χ0n) is 67.8. The first-order valence-corrected chi connectivity index (χ1v) is 46.4. The van der Waals surface area contributed by atoms with Gasteiger partial charge in [-0.25, -0.2) is 9.13 Å². The zero-order valence-corrected chi connectivity index (χ0v) is 69.6. The first kappa shape index (κ1) is 101. The molecule has 7 atom stereocenters. The number of phosphoric acid groups is 2. The summed E-state index contributed by atoms with van der Waals surface area (Å²) >= 11 is 0. The summed E-state index contributed by atoms with van der Waals surface area (Å²) in [5, 5.41) is 10.7. The van der Waals surface area contributed by atoms with Crippen LogP contribution in [0.2, 0.25) is 0 Å². The molecule has 0 fully saturated rings. The number of aliphatic hydroxyl groups is 1. The molecule has 3 N–H and O–H groups in total. The van der Waals surface area contributed by atoms with Crippen molar-refractivity contribution in [2.75, 3.05) is 39.6 Å². The Labute approximate surface area is 632 Å². The smallest absolute Gasteiger partial charge is 0.462 e. The standard InChI is InChI=1S/C84H164O17P2/c1-8-11-12-13-14-15-16-17-18-21-25-28-31-36-44-51-58-65-81(86)94-71-79(100-83(88)67-60-53-46-37-32-29-26-23-20-19-22-24-27-30-35-42-49-56-63-76(6)9-2)73-98-102(90,91)96-69-78(85)70-97-103(92,93)99-74-80(101-84(89)68-61-54-47-38-33-34-41-48-55-62-75(4)5)72-95-82(87)66-59-52-45-40-39-43-50-57-64-77(7)10-3/h75-80,85H,8-74H2,1-7H3,(H,90,91)(H,92,93)/t76?,77?,78-,79-,80-/m1/s1. The Morgan fingerprint density at radius 2 is 0.495 bits per heavy atom. The van der Waals surface area contributed by atoms with Crippen LogP contribution in [-0.2, 0) is 65.4 Å². The summed E-state index contributed by atoms with van der Waals surface area (Å²) < 4.78 is 68.8. The Hall–Kier alpha value is -1.94. The third-order valence-corrected chi connectivity index (χ3v) is 22.3. The van der Waals surface area contributed by atoms with Crippen molar-refractivity contribution in [1.29, 1.82) is 0 Å². The lowest BCUT2D eigenvalue weighted by atomic mass is 9.99. The number of hydrogen-bond donors (Lipinski definition) is 3. The normalized spacial score (nSPS) is 14.4. The summed E-state index contributed by atoms with van der Waals surface area (Å²) in [7, 11) is -9.93. The van der Waals surface area contributed by atoms with Crippen LogP contribution >= 0.6 is 15.6 Å². The highest BCUT2D eigenvalue weighted by atomic mass is 31.2. The van der Waals surface area contributed by atoms with Gasteiger partial charge in [0, 0.05) is 25.7 Å². The predicted octanol–water partition coefficient (Wildman–Crippen LogP) is 25.3. The molecule has 0 saturated carbocycles. The molecule has 0 aromatic heterocycles. The van der Waals surface area contributed by atoms with Crippen molar-refractivity contribution in [1.82, 2.24) is 0 Å². The summed E-state index contributed by atoms with van der Waals surface area (Å²) in [6, 6.07) is 0. The molecule has 19 heteroatoms. The average Bonchev–Trinajstić information content (AvgIpc) is 0.907. The molecular formula is C84H164O17P2. The molecule has 0 aliphatic rings. The third kappa shape index (κ3) is 75.3. The van der Waals surface area contributed by atoms with Gasteiger partial charge in [0.15, 0.2) is 12.2 Å². The molecule has 0 saturated heterocycles. The van der Waals surface area contributed by atoms with Gasteiger partial charge >= 0.3 is 39.5 Å². The van der Waals surface area contributed by atoms with Crippen LogP contribution in [0.25, 0.3) is 0 Å². The van der Waals surface area contributed by atoms with Crippen LogP contribution in [0.1, 0.15) is 440 Å². The molecule has 0 heterocycles. The van der Waals surface area contributed by atoms with Gasteiger partial charge in [-0.05, 0) is 43.4 Å². The second kappa shape index (κ2) is 74.2. The molecule has 4 unspecified atom stereocenters. The van der Waals surface area contributed by atoms with E-state index in [4.69, 9.17) is 37.0 Å². The maximum Gasteiger partial charge on any atom is 0.472 e. The van der Waals surface area contributed by atoms with Crippen LogP contribution in [0.3, 0.4) is 0 Å². The lowest BCUT2D eigenvalue weighted by Crippen LogP contribution is -2.30. The highest BCUT2D eigenvalue weighted by Gasteiger charge is 2.30. The average molecular weight is 1510 g/mol. The molecule has 0 aliphatic carbocycles. The first-order valence-electron chi connectivity index (χ1n) is 43.4. The van der Waals surface area contributed by atoms with E-state index in [9.17, 15) is 43.2 Å². The third-order valence-electron chi connectivity index (χ3n) is 20.4. The topological polar surface area (TPSA) is 237 Å². The predicted molar refractivity (Wildman–Crippen MR) is 423 cm³/mol. The van der Waals surface area contributed by atoms with Gasteiger partial charge in [0.1, 0.15) is 19.3 Å². The summed E-state index contributed by atoms with van der Waals surface area (Å²) in [5.74, 6) is 0.277. The van der Waals surface area contributed by atoms with Crippen LogP contribution in [-0.4, -0.2) is 96.7 Å². The van der Waals surface area contributed by atoms with Gasteiger partial charge in [-0.2, -0.15) is 0 Å². The minimum atomic E-state index is -4.96. The summed E-state index contributed by atoms with van der Waals surface area (Å²) in [6.45, 7) is 12.0. The molecule has 0 aromatic carbocycles. The minimum Gasteiger partial charge on any atom is -0.462 e.